The Labute approximate surface area is 141 Å². The smallest absolute Gasteiger partial charge is 0.255 e. The van der Waals surface area contributed by atoms with E-state index < -0.39 is 0 Å². The van der Waals surface area contributed by atoms with Crippen LogP contribution in [0.2, 0.25) is 0 Å². The molecule has 0 spiro atoms. The molecule has 0 saturated heterocycles. The minimum absolute atomic E-state index is 0.0586. The summed E-state index contributed by atoms with van der Waals surface area (Å²) in [6, 6.07) is 15.7. The molecule has 0 aromatic heterocycles. The summed E-state index contributed by atoms with van der Waals surface area (Å²) >= 11 is 0. The molecule has 5 nitrogen and oxygen atoms in total. The molecule has 5 heteroatoms. The Morgan fingerprint density at radius 3 is 2.21 bits per heavy atom. The molecule has 2 amide bonds. The first kappa shape index (κ1) is 17.7. The van der Waals surface area contributed by atoms with Gasteiger partial charge in [-0.15, -0.1) is 0 Å². The zero-order chi connectivity index (χ0) is 17.4. The van der Waals surface area contributed by atoms with Crippen LogP contribution in [0.5, 0.6) is 0 Å². The summed E-state index contributed by atoms with van der Waals surface area (Å²) in [5.74, 6) is -0.311. The number of anilines is 1. The van der Waals surface area contributed by atoms with E-state index in [0.29, 0.717) is 29.9 Å². The van der Waals surface area contributed by atoms with E-state index in [0.717, 1.165) is 6.42 Å². The number of hydrogen-bond acceptors (Lipinski definition) is 3. The highest BCUT2D eigenvalue weighted by molar-refractivity contribution is 6.04. The molecule has 0 aliphatic heterocycles. The summed E-state index contributed by atoms with van der Waals surface area (Å²) in [6.07, 6.45) is 0.830. The molecule has 0 aliphatic carbocycles. The predicted octanol–water partition coefficient (Wildman–Crippen LogP) is 2.78. The van der Waals surface area contributed by atoms with Crippen LogP contribution in [0.15, 0.2) is 54.6 Å². The number of rotatable bonds is 7. The molecule has 0 heterocycles. The van der Waals surface area contributed by atoms with Crippen molar-refractivity contribution in [3.63, 3.8) is 0 Å². The molecule has 2 aromatic carbocycles. The Morgan fingerprint density at radius 1 is 0.958 bits per heavy atom. The lowest BCUT2D eigenvalue weighted by atomic mass is 10.1. The van der Waals surface area contributed by atoms with Crippen molar-refractivity contribution in [1.29, 1.82) is 0 Å². The SMILES string of the molecule is CCCN(CCO)C(=O)c1ccc(NC(=O)c2ccccc2)cc1. The zero-order valence-electron chi connectivity index (χ0n) is 13.7. The molecule has 0 radical (unpaired) electrons. The molecule has 2 N–H and O–H groups in total. The van der Waals surface area contributed by atoms with Gasteiger partial charge in [0.25, 0.3) is 11.8 Å². The van der Waals surface area contributed by atoms with E-state index in [1.54, 1.807) is 53.4 Å². The monoisotopic (exact) mass is 326 g/mol. The van der Waals surface area contributed by atoms with Gasteiger partial charge in [0, 0.05) is 29.9 Å². The number of aliphatic hydroxyl groups is 1. The van der Waals surface area contributed by atoms with Crippen LogP contribution in [0, 0.1) is 0 Å². The number of nitrogens with zero attached hydrogens (tertiary/aromatic N) is 1. The van der Waals surface area contributed by atoms with E-state index in [9.17, 15) is 9.59 Å². The molecule has 0 unspecified atom stereocenters. The number of hydrogen-bond donors (Lipinski definition) is 2. The maximum Gasteiger partial charge on any atom is 0.255 e. The molecule has 0 saturated carbocycles. The van der Waals surface area contributed by atoms with Gasteiger partial charge in [0.1, 0.15) is 0 Å². The number of aliphatic hydroxyl groups excluding tert-OH is 1. The largest absolute Gasteiger partial charge is 0.395 e. The summed E-state index contributed by atoms with van der Waals surface area (Å²) in [5.41, 5.74) is 1.74. The van der Waals surface area contributed by atoms with Crippen molar-refractivity contribution < 1.29 is 14.7 Å². The van der Waals surface area contributed by atoms with Crippen molar-refractivity contribution >= 4 is 17.5 Å². The summed E-state index contributed by atoms with van der Waals surface area (Å²) in [6.45, 7) is 2.85. The van der Waals surface area contributed by atoms with Crippen molar-refractivity contribution in [1.82, 2.24) is 4.90 Å². The standard InChI is InChI=1S/C19H22N2O3/c1-2-12-21(13-14-22)19(24)16-8-10-17(11-9-16)20-18(23)15-6-4-3-5-7-15/h3-11,22H,2,12-14H2,1H3,(H,20,23). The van der Waals surface area contributed by atoms with Crippen LogP contribution >= 0.6 is 0 Å². The van der Waals surface area contributed by atoms with E-state index in [1.807, 2.05) is 13.0 Å². The van der Waals surface area contributed by atoms with Gasteiger partial charge in [-0.05, 0) is 42.8 Å². The Hall–Kier alpha value is -2.66. The molecule has 2 aromatic rings. The predicted molar refractivity (Wildman–Crippen MR) is 94.1 cm³/mol. The second-order valence-electron chi connectivity index (χ2n) is 5.41. The maximum absolute atomic E-state index is 12.4. The van der Waals surface area contributed by atoms with E-state index in [1.165, 1.54) is 0 Å². The highest BCUT2D eigenvalue weighted by atomic mass is 16.3. The normalized spacial score (nSPS) is 10.2. The third-order valence-corrected chi connectivity index (χ3v) is 3.58. The van der Waals surface area contributed by atoms with Crippen molar-refractivity contribution in [2.75, 3.05) is 25.0 Å². The van der Waals surface area contributed by atoms with Crippen LogP contribution in [-0.2, 0) is 0 Å². The fraction of sp³-hybridized carbons (Fsp3) is 0.263. The Morgan fingerprint density at radius 2 is 1.62 bits per heavy atom. The van der Waals surface area contributed by atoms with Gasteiger partial charge in [-0.2, -0.15) is 0 Å². The number of carbonyl (C=O) groups is 2. The average Bonchev–Trinajstić information content (AvgIpc) is 2.62. The lowest BCUT2D eigenvalue weighted by Gasteiger charge is -2.21. The van der Waals surface area contributed by atoms with E-state index in [2.05, 4.69) is 5.32 Å². The van der Waals surface area contributed by atoms with Crippen LogP contribution in [0.3, 0.4) is 0 Å². The fourth-order valence-corrected chi connectivity index (χ4v) is 2.38. The average molecular weight is 326 g/mol. The first-order valence-electron chi connectivity index (χ1n) is 8.02. The van der Waals surface area contributed by atoms with Crippen molar-refractivity contribution in [2.24, 2.45) is 0 Å². The molecular weight excluding hydrogens is 304 g/mol. The first-order chi connectivity index (χ1) is 11.7. The van der Waals surface area contributed by atoms with E-state index >= 15 is 0 Å². The minimum Gasteiger partial charge on any atom is -0.395 e. The third kappa shape index (κ3) is 4.67. The quantitative estimate of drug-likeness (QED) is 0.822. The van der Waals surface area contributed by atoms with Gasteiger partial charge in [-0.25, -0.2) is 0 Å². The van der Waals surface area contributed by atoms with Crippen molar-refractivity contribution in [2.45, 2.75) is 13.3 Å². The fourth-order valence-electron chi connectivity index (χ4n) is 2.38. The van der Waals surface area contributed by atoms with Gasteiger partial charge >= 0.3 is 0 Å². The van der Waals surface area contributed by atoms with Gasteiger partial charge < -0.3 is 15.3 Å². The van der Waals surface area contributed by atoms with Crippen LogP contribution in [0.4, 0.5) is 5.69 Å². The Kier molecular flexibility index (Phi) is 6.51. The van der Waals surface area contributed by atoms with Gasteiger partial charge in [0.15, 0.2) is 0 Å². The van der Waals surface area contributed by atoms with Gasteiger partial charge in [0.2, 0.25) is 0 Å². The van der Waals surface area contributed by atoms with Crippen LogP contribution in [-0.4, -0.2) is 41.5 Å². The number of nitrogens with one attached hydrogen (secondary N) is 1. The van der Waals surface area contributed by atoms with Crippen LogP contribution in [0.1, 0.15) is 34.1 Å². The molecular formula is C19H22N2O3. The van der Waals surface area contributed by atoms with Crippen LogP contribution in [0.25, 0.3) is 0 Å². The number of amides is 2. The molecule has 0 atom stereocenters. The molecule has 0 bridgehead atoms. The van der Waals surface area contributed by atoms with E-state index in [4.69, 9.17) is 5.11 Å². The molecule has 2 rings (SSSR count). The number of carbonyl (C=O) groups excluding carboxylic acids is 2. The molecule has 0 aliphatic rings. The summed E-state index contributed by atoms with van der Waals surface area (Å²) in [7, 11) is 0. The summed E-state index contributed by atoms with van der Waals surface area (Å²) < 4.78 is 0. The molecule has 0 fully saturated rings. The van der Waals surface area contributed by atoms with E-state index in [-0.39, 0.29) is 18.4 Å². The lowest BCUT2D eigenvalue weighted by molar-refractivity contribution is 0.0722. The third-order valence-electron chi connectivity index (χ3n) is 3.58. The number of benzene rings is 2. The minimum atomic E-state index is -0.192. The summed E-state index contributed by atoms with van der Waals surface area (Å²) in [5, 5.41) is 11.9. The second-order valence-corrected chi connectivity index (χ2v) is 5.41. The highest BCUT2D eigenvalue weighted by Gasteiger charge is 2.14. The first-order valence-corrected chi connectivity index (χ1v) is 8.02. The van der Waals surface area contributed by atoms with Crippen molar-refractivity contribution in [3.05, 3.63) is 65.7 Å². The summed E-state index contributed by atoms with van der Waals surface area (Å²) in [4.78, 5) is 26.1. The molecule has 126 valence electrons. The maximum atomic E-state index is 12.4. The van der Waals surface area contributed by atoms with Crippen molar-refractivity contribution in [3.8, 4) is 0 Å². The van der Waals surface area contributed by atoms with Gasteiger partial charge in [-0.1, -0.05) is 25.1 Å². The zero-order valence-corrected chi connectivity index (χ0v) is 13.7. The topological polar surface area (TPSA) is 69.6 Å². The van der Waals surface area contributed by atoms with Crippen LogP contribution < -0.4 is 5.32 Å². The highest BCUT2D eigenvalue weighted by Crippen LogP contribution is 2.13. The van der Waals surface area contributed by atoms with Gasteiger partial charge in [-0.3, -0.25) is 9.59 Å². The molecule has 24 heavy (non-hydrogen) atoms. The lowest BCUT2D eigenvalue weighted by Crippen LogP contribution is -2.34. The Balaban J connectivity index is 2.04. The van der Waals surface area contributed by atoms with Gasteiger partial charge in [0.05, 0.1) is 6.61 Å². The Bertz CT molecular complexity index is 663. The second kappa shape index (κ2) is 8.84.